The maximum atomic E-state index is 12.8. The van der Waals surface area contributed by atoms with E-state index >= 15 is 0 Å². The Kier molecular flexibility index (Phi) is 6.62. The van der Waals surface area contributed by atoms with Crippen molar-refractivity contribution in [2.75, 3.05) is 40.8 Å². The van der Waals surface area contributed by atoms with Crippen molar-refractivity contribution in [2.45, 2.75) is 44.7 Å². The van der Waals surface area contributed by atoms with E-state index in [2.05, 4.69) is 14.8 Å². The molecule has 9 nitrogen and oxygen atoms in total. The molecule has 0 bridgehead atoms. The van der Waals surface area contributed by atoms with E-state index in [0.29, 0.717) is 31.8 Å². The fourth-order valence-corrected chi connectivity index (χ4v) is 4.51. The molecule has 1 saturated heterocycles. The molecule has 0 unspecified atom stereocenters. The maximum absolute atomic E-state index is 12.8. The largest absolute Gasteiger partial charge is 0.497 e. The van der Waals surface area contributed by atoms with E-state index in [-0.39, 0.29) is 11.9 Å². The molecule has 1 aromatic carbocycles. The van der Waals surface area contributed by atoms with Crippen molar-refractivity contribution in [3.8, 4) is 5.75 Å². The first-order chi connectivity index (χ1) is 15.5. The molecule has 2 aromatic rings. The highest BCUT2D eigenvalue weighted by molar-refractivity contribution is 5.76. The first-order valence-electron chi connectivity index (χ1n) is 11.2. The average Bonchev–Trinajstić information content (AvgIpc) is 3.25. The molecule has 2 aliphatic rings. The lowest BCUT2D eigenvalue weighted by Gasteiger charge is -2.34. The average molecular weight is 441 g/mol. The number of amides is 3. The molecule has 3 heterocycles. The van der Waals surface area contributed by atoms with Gasteiger partial charge in [-0.15, -0.1) is 10.2 Å². The van der Waals surface area contributed by atoms with Crippen molar-refractivity contribution >= 4 is 11.9 Å². The zero-order chi connectivity index (χ0) is 22.7. The quantitative estimate of drug-likeness (QED) is 0.711. The minimum Gasteiger partial charge on any atom is -0.497 e. The second-order valence-corrected chi connectivity index (χ2v) is 8.73. The van der Waals surface area contributed by atoms with Crippen molar-refractivity contribution in [3.63, 3.8) is 0 Å². The standard InChI is InChI=1S/C23H32N6O3/c1-26(2)23(31)27-12-10-18(11-13-27)22-25-24-20-16-28(14-15-29(20)22)21(30)9-6-17-4-7-19(32-3)8-5-17/h4-5,7-8,18H,6,9-16H2,1-3H3. The third kappa shape index (κ3) is 4.71. The number of aromatic nitrogens is 3. The number of nitrogens with zero attached hydrogens (tertiary/aromatic N) is 6. The predicted octanol–water partition coefficient (Wildman–Crippen LogP) is 2.12. The molecule has 3 amide bonds. The van der Waals surface area contributed by atoms with Crippen LogP contribution in [-0.4, -0.2) is 82.2 Å². The minimum absolute atomic E-state index is 0.0653. The normalized spacial score (nSPS) is 16.6. The maximum Gasteiger partial charge on any atom is 0.319 e. The van der Waals surface area contributed by atoms with Gasteiger partial charge in [0, 0.05) is 52.6 Å². The van der Waals surface area contributed by atoms with E-state index in [1.54, 1.807) is 26.1 Å². The van der Waals surface area contributed by atoms with Gasteiger partial charge in [-0.05, 0) is 37.0 Å². The zero-order valence-corrected chi connectivity index (χ0v) is 19.2. The highest BCUT2D eigenvalue weighted by Gasteiger charge is 2.31. The van der Waals surface area contributed by atoms with Crippen LogP contribution in [0.5, 0.6) is 5.75 Å². The number of rotatable bonds is 5. The van der Waals surface area contributed by atoms with E-state index in [9.17, 15) is 9.59 Å². The van der Waals surface area contributed by atoms with Crippen LogP contribution in [0.25, 0.3) is 0 Å². The Labute approximate surface area is 188 Å². The number of carbonyl (C=O) groups excluding carboxylic acids is 2. The van der Waals surface area contributed by atoms with Gasteiger partial charge in [0.2, 0.25) is 5.91 Å². The Bertz CT molecular complexity index is 947. The van der Waals surface area contributed by atoms with E-state index in [0.717, 1.165) is 55.4 Å². The number of urea groups is 1. The lowest BCUT2D eigenvalue weighted by atomic mass is 9.96. The fourth-order valence-electron chi connectivity index (χ4n) is 4.51. The first-order valence-corrected chi connectivity index (χ1v) is 11.2. The SMILES string of the molecule is COc1ccc(CCC(=O)N2CCn3c(nnc3C3CCN(C(=O)N(C)C)CC3)C2)cc1. The Morgan fingerprint density at radius 3 is 2.41 bits per heavy atom. The number of methoxy groups -OCH3 is 1. The van der Waals surface area contributed by atoms with Crippen LogP contribution < -0.4 is 4.74 Å². The Balaban J connectivity index is 1.31. The Hall–Kier alpha value is -3.10. The summed E-state index contributed by atoms with van der Waals surface area (Å²) in [5.41, 5.74) is 1.13. The number of hydrogen-bond acceptors (Lipinski definition) is 5. The van der Waals surface area contributed by atoms with Crippen molar-refractivity contribution in [1.29, 1.82) is 0 Å². The first kappa shape index (κ1) is 22.1. The molecular weight excluding hydrogens is 408 g/mol. The molecule has 0 saturated carbocycles. The van der Waals surface area contributed by atoms with Crippen LogP contribution in [0.1, 0.15) is 42.4 Å². The summed E-state index contributed by atoms with van der Waals surface area (Å²) in [5, 5.41) is 8.88. The third-order valence-electron chi connectivity index (χ3n) is 6.43. The van der Waals surface area contributed by atoms with Gasteiger partial charge in [0.15, 0.2) is 5.82 Å². The van der Waals surface area contributed by atoms with E-state index in [4.69, 9.17) is 4.74 Å². The number of likely N-dealkylation sites (tertiary alicyclic amines) is 1. The summed E-state index contributed by atoms with van der Waals surface area (Å²) in [6.07, 6.45) is 2.97. The monoisotopic (exact) mass is 440 g/mol. The second kappa shape index (κ2) is 9.58. The molecule has 0 aliphatic carbocycles. The summed E-state index contributed by atoms with van der Waals surface area (Å²) in [6, 6.07) is 7.91. The predicted molar refractivity (Wildman–Crippen MR) is 119 cm³/mol. The van der Waals surface area contributed by atoms with Crippen LogP contribution in [0.4, 0.5) is 4.79 Å². The number of ether oxygens (including phenoxy) is 1. The molecule has 0 atom stereocenters. The number of aryl methyl sites for hydroxylation is 1. The van der Waals surface area contributed by atoms with Crippen molar-refractivity contribution in [3.05, 3.63) is 41.5 Å². The van der Waals surface area contributed by atoms with Crippen LogP contribution in [-0.2, 0) is 24.3 Å². The van der Waals surface area contributed by atoms with Crippen LogP contribution in [0, 0.1) is 0 Å². The Morgan fingerprint density at radius 2 is 1.75 bits per heavy atom. The van der Waals surface area contributed by atoms with Gasteiger partial charge in [0.25, 0.3) is 0 Å². The van der Waals surface area contributed by atoms with Gasteiger partial charge < -0.3 is 24.0 Å². The van der Waals surface area contributed by atoms with Crippen molar-refractivity contribution in [1.82, 2.24) is 29.5 Å². The highest BCUT2D eigenvalue weighted by atomic mass is 16.5. The number of benzene rings is 1. The van der Waals surface area contributed by atoms with Crippen LogP contribution >= 0.6 is 0 Å². The number of fused-ring (bicyclic) bond motifs is 1. The van der Waals surface area contributed by atoms with Gasteiger partial charge in [-0.2, -0.15) is 0 Å². The molecule has 1 fully saturated rings. The van der Waals surface area contributed by atoms with Gasteiger partial charge in [-0.25, -0.2) is 4.79 Å². The smallest absolute Gasteiger partial charge is 0.319 e. The molecule has 172 valence electrons. The summed E-state index contributed by atoms with van der Waals surface area (Å²) in [5.74, 6) is 3.13. The summed E-state index contributed by atoms with van der Waals surface area (Å²) < 4.78 is 7.37. The number of carbonyl (C=O) groups is 2. The molecule has 0 spiro atoms. The Morgan fingerprint density at radius 1 is 1.03 bits per heavy atom. The number of piperidine rings is 1. The van der Waals surface area contributed by atoms with Crippen LogP contribution in [0.3, 0.4) is 0 Å². The summed E-state index contributed by atoms with van der Waals surface area (Å²) >= 11 is 0. The lowest BCUT2D eigenvalue weighted by molar-refractivity contribution is -0.132. The van der Waals surface area contributed by atoms with Gasteiger partial charge in [-0.1, -0.05) is 12.1 Å². The zero-order valence-electron chi connectivity index (χ0n) is 19.2. The second-order valence-electron chi connectivity index (χ2n) is 8.73. The molecule has 1 aromatic heterocycles. The van der Waals surface area contributed by atoms with Gasteiger partial charge in [0.1, 0.15) is 11.6 Å². The highest BCUT2D eigenvalue weighted by Crippen LogP contribution is 2.29. The van der Waals surface area contributed by atoms with E-state index in [1.165, 1.54) is 0 Å². The van der Waals surface area contributed by atoms with E-state index < -0.39 is 0 Å². The van der Waals surface area contributed by atoms with Crippen molar-refractivity contribution < 1.29 is 14.3 Å². The van der Waals surface area contributed by atoms with Gasteiger partial charge >= 0.3 is 6.03 Å². The molecule has 4 rings (SSSR count). The van der Waals surface area contributed by atoms with Crippen LogP contribution in [0.15, 0.2) is 24.3 Å². The van der Waals surface area contributed by atoms with Gasteiger partial charge in [-0.3, -0.25) is 4.79 Å². The summed E-state index contributed by atoms with van der Waals surface area (Å²) in [4.78, 5) is 30.3. The molecule has 0 N–H and O–H groups in total. The summed E-state index contributed by atoms with van der Waals surface area (Å²) in [6.45, 7) is 3.38. The summed E-state index contributed by atoms with van der Waals surface area (Å²) in [7, 11) is 5.22. The lowest BCUT2D eigenvalue weighted by Crippen LogP contribution is -2.44. The molecule has 0 radical (unpaired) electrons. The molecule has 32 heavy (non-hydrogen) atoms. The van der Waals surface area contributed by atoms with Crippen LogP contribution in [0.2, 0.25) is 0 Å². The molecule has 2 aliphatic heterocycles. The topological polar surface area (TPSA) is 83.8 Å². The van der Waals surface area contributed by atoms with Crippen molar-refractivity contribution in [2.24, 2.45) is 0 Å². The van der Waals surface area contributed by atoms with E-state index in [1.807, 2.05) is 34.1 Å². The third-order valence-corrected chi connectivity index (χ3v) is 6.43. The fraction of sp³-hybridized carbons (Fsp3) is 0.565. The number of hydrogen-bond donors (Lipinski definition) is 0. The van der Waals surface area contributed by atoms with Gasteiger partial charge in [0.05, 0.1) is 13.7 Å². The minimum atomic E-state index is 0.0653. The molecular formula is C23H32N6O3. The molecule has 9 heteroatoms.